The van der Waals surface area contributed by atoms with Gasteiger partial charge in [0.05, 0.1) is 12.6 Å². The summed E-state index contributed by atoms with van der Waals surface area (Å²) in [5.74, 6) is 0.619. The van der Waals surface area contributed by atoms with E-state index in [4.69, 9.17) is 4.74 Å². The molecule has 1 fully saturated rings. The maximum absolute atomic E-state index is 11.3. The summed E-state index contributed by atoms with van der Waals surface area (Å²) in [4.78, 5) is 11.3. The molecule has 0 aromatic carbocycles. The van der Waals surface area contributed by atoms with Crippen molar-refractivity contribution in [2.24, 2.45) is 5.92 Å². The summed E-state index contributed by atoms with van der Waals surface area (Å²) >= 11 is 0. The second-order valence-electron chi connectivity index (χ2n) is 4.48. The second kappa shape index (κ2) is 6.08. The molecule has 0 aromatic heterocycles. The zero-order chi connectivity index (χ0) is 11.3. The molecule has 15 heavy (non-hydrogen) atoms. The molecule has 2 unspecified atom stereocenters. The van der Waals surface area contributed by atoms with Gasteiger partial charge < -0.3 is 15.4 Å². The molecule has 1 aliphatic heterocycles. The molecule has 4 nitrogen and oxygen atoms in total. The van der Waals surface area contributed by atoms with Gasteiger partial charge >= 0.3 is 0 Å². The van der Waals surface area contributed by atoms with Gasteiger partial charge in [-0.05, 0) is 33.1 Å². The Balaban J connectivity index is 2.08. The molecule has 2 atom stereocenters. The third kappa shape index (κ3) is 4.62. The van der Waals surface area contributed by atoms with Gasteiger partial charge in [-0.25, -0.2) is 0 Å². The summed E-state index contributed by atoms with van der Waals surface area (Å²) in [7, 11) is 0. The fourth-order valence-corrected chi connectivity index (χ4v) is 1.79. The first-order valence-electron chi connectivity index (χ1n) is 5.71. The molecular weight excluding hydrogens is 192 g/mol. The Hall–Kier alpha value is -0.610. The van der Waals surface area contributed by atoms with Gasteiger partial charge in [0.25, 0.3) is 0 Å². The van der Waals surface area contributed by atoms with E-state index < -0.39 is 0 Å². The monoisotopic (exact) mass is 214 g/mol. The van der Waals surface area contributed by atoms with E-state index in [9.17, 15) is 4.79 Å². The van der Waals surface area contributed by atoms with Crippen LogP contribution in [0.5, 0.6) is 0 Å². The first-order chi connectivity index (χ1) is 7.09. The summed E-state index contributed by atoms with van der Waals surface area (Å²) < 4.78 is 5.45. The van der Waals surface area contributed by atoms with Crippen LogP contribution in [0.15, 0.2) is 0 Å². The minimum absolute atomic E-state index is 0.0663. The van der Waals surface area contributed by atoms with Gasteiger partial charge in [0.15, 0.2) is 0 Å². The van der Waals surface area contributed by atoms with E-state index in [1.165, 1.54) is 0 Å². The molecule has 0 saturated carbocycles. The van der Waals surface area contributed by atoms with Crippen LogP contribution < -0.4 is 10.6 Å². The van der Waals surface area contributed by atoms with Crippen molar-refractivity contribution in [1.29, 1.82) is 0 Å². The minimum atomic E-state index is 0.0663. The van der Waals surface area contributed by atoms with E-state index in [1.54, 1.807) is 0 Å². The molecule has 1 aliphatic rings. The number of hydrogen-bond acceptors (Lipinski definition) is 3. The fraction of sp³-hybridized carbons (Fsp3) is 0.909. The summed E-state index contributed by atoms with van der Waals surface area (Å²) in [5.41, 5.74) is 0. The normalized spacial score (nSPS) is 25.9. The zero-order valence-corrected chi connectivity index (χ0v) is 9.88. The quantitative estimate of drug-likeness (QED) is 0.701. The third-order valence-corrected chi connectivity index (χ3v) is 2.67. The van der Waals surface area contributed by atoms with Crippen molar-refractivity contribution in [2.45, 2.75) is 39.3 Å². The Bertz CT molecular complexity index is 207. The van der Waals surface area contributed by atoms with Crippen molar-refractivity contribution in [3.8, 4) is 0 Å². The van der Waals surface area contributed by atoms with Gasteiger partial charge in [0.1, 0.15) is 0 Å². The minimum Gasteiger partial charge on any atom is -0.378 e. The number of hydrogen-bond donors (Lipinski definition) is 2. The number of carbonyl (C=O) groups is 1. The van der Waals surface area contributed by atoms with Crippen LogP contribution in [0.25, 0.3) is 0 Å². The molecule has 0 aliphatic carbocycles. The lowest BCUT2D eigenvalue weighted by molar-refractivity contribution is -0.120. The van der Waals surface area contributed by atoms with Crippen molar-refractivity contribution < 1.29 is 9.53 Å². The lowest BCUT2D eigenvalue weighted by Crippen LogP contribution is -2.39. The van der Waals surface area contributed by atoms with Gasteiger partial charge in [0, 0.05) is 19.2 Å². The molecule has 0 bridgehead atoms. The standard InChI is InChI=1S/C11H22N2O2/c1-8(2)13-11(14)7-12-6-10-4-5-15-9(10)3/h8-10,12H,4-7H2,1-3H3,(H,13,14). The summed E-state index contributed by atoms with van der Waals surface area (Å²) in [6, 6.07) is 0.216. The van der Waals surface area contributed by atoms with E-state index in [0.29, 0.717) is 18.6 Å². The Morgan fingerprint density at radius 2 is 2.27 bits per heavy atom. The van der Waals surface area contributed by atoms with Gasteiger partial charge in [-0.2, -0.15) is 0 Å². The molecular formula is C11H22N2O2. The molecule has 1 amide bonds. The highest BCUT2D eigenvalue weighted by atomic mass is 16.5. The van der Waals surface area contributed by atoms with Gasteiger partial charge in [-0.1, -0.05) is 0 Å². The number of amides is 1. The molecule has 0 radical (unpaired) electrons. The molecule has 1 heterocycles. The average molecular weight is 214 g/mol. The van der Waals surface area contributed by atoms with Crippen LogP contribution in [0.4, 0.5) is 0 Å². The van der Waals surface area contributed by atoms with Crippen molar-refractivity contribution in [3.05, 3.63) is 0 Å². The van der Waals surface area contributed by atoms with Gasteiger partial charge in [-0.15, -0.1) is 0 Å². The topological polar surface area (TPSA) is 50.4 Å². The smallest absolute Gasteiger partial charge is 0.234 e. The van der Waals surface area contributed by atoms with Crippen LogP contribution in [-0.2, 0) is 9.53 Å². The summed E-state index contributed by atoms with van der Waals surface area (Å²) in [6.07, 6.45) is 1.42. The molecule has 1 saturated heterocycles. The van der Waals surface area contributed by atoms with E-state index in [-0.39, 0.29) is 11.9 Å². The lowest BCUT2D eigenvalue weighted by atomic mass is 10.0. The van der Waals surface area contributed by atoms with E-state index in [1.807, 2.05) is 13.8 Å². The van der Waals surface area contributed by atoms with Crippen LogP contribution in [0.2, 0.25) is 0 Å². The molecule has 0 spiro atoms. The Morgan fingerprint density at radius 1 is 1.53 bits per heavy atom. The van der Waals surface area contributed by atoms with E-state index in [0.717, 1.165) is 19.6 Å². The maximum Gasteiger partial charge on any atom is 0.234 e. The number of ether oxygens (including phenoxy) is 1. The van der Waals surface area contributed by atoms with Crippen LogP contribution in [0.3, 0.4) is 0 Å². The van der Waals surface area contributed by atoms with Crippen LogP contribution in [-0.4, -0.2) is 37.7 Å². The van der Waals surface area contributed by atoms with Gasteiger partial charge in [-0.3, -0.25) is 4.79 Å². The fourth-order valence-electron chi connectivity index (χ4n) is 1.79. The summed E-state index contributed by atoms with van der Waals surface area (Å²) in [6.45, 7) is 8.14. The Kier molecular flexibility index (Phi) is 5.05. The van der Waals surface area contributed by atoms with Gasteiger partial charge in [0.2, 0.25) is 5.91 Å². The highest BCUT2D eigenvalue weighted by molar-refractivity contribution is 5.78. The first kappa shape index (κ1) is 12.5. The molecule has 2 N–H and O–H groups in total. The van der Waals surface area contributed by atoms with Crippen molar-refractivity contribution in [1.82, 2.24) is 10.6 Å². The summed E-state index contributed by atoms with van der Waals surface area (Å²) in [5, 5.41) is 6.02. The SMILES string of the molecule is CC(C)NC(=O)CNCC1CCOC1C. The van der Waals surface area contributed by atoms with Crippen LogP contribution in [0.1, 0.15) is 27.2 Å². The highest BCUT2D eigenvalue weighted by Gasteiger charge is 2.23. The molecule has 0 aromatic rings. The first-order valence-corrected chi connectivity index (χ1v) is 5.71. The van der Waals surface area contributed by atoms with Crippen molar-refractivity contribution in [2.75, 3.05) is 19.7 Å². The lowest BCUT2D eigenvalue weighted by Gasteiger charge is -2.15. The van der Waals surface area contributed by atoms with Crippen LogP contribution in [0, 0.1) is 5.92 Å². The average Bonchev–Trinajstić information content (AvgIpc) is 2.50. The number of rotatable bonds is 5. The highest BCUT2D eigenvalue weighted by Crippen LogP contribution is 2.18. The van der Waals surface area contributed by atoms with Crippen LogP contribution >= 0.6 is 0 Å². The largest absolute Gasteiger partial charge is 0.378 e. The van der Waals surface area contributed by atoms with Crippen molar-refractivity contribution >= 4 is 5.91 Å². The predicted octanol–water partition coefficient (Wildman–Crippen LogP) is 0.526. The Labute approximate surface area is 91.8 Å². The number of nitrogens with one attached hydrogen (secondary N) is 2. The Morgan fingerprint density at radius 3 is 2.80 bits per heavy atom. The number of carbonyl (C=O) groups excluding carboxylic acids is 1. The molecule has 4 heteroatoms. The molecule has 88 valence electrons. The molecule has 1 rings (SSSR count). The maximum atomic E-state index is 11.3. The predicted molar refractivity (Wildman–Crippen MR) is 59.7 cm³/mol. The third-order valence-electron chi connectivity index (χ3n) is 2.67. The van der Waals surface area contributed by atoms with Crippen molar-refractivity contribution in [3.63, 3.8) is 0 Å². The van der Waals surface area contributed by atoms with E-state index in [2.05, 4.69) is 17.6 Å². The second-order valence-corrected chi connectivity index (χ2v) is 4.48. The van der Waals surface area contributed by atoms with E-state index >= 15 is 0 Å². The zero-order valence-electron chi connectivity index (χ0n) is 9.88.